The molecule has 0 fully saturated rings. The number of fused-ring (bicyclic) bond motifs is 2. The normalized spacial score (nSPS) is 10.1. The molecule has 249 valence electrons. The molecule has 4 rings (SSSR count). The molecule has 4 aromatic carbocycles. The summed E-state index contributed by atoms with van der Waals surface area (Å²) in [5, 5.41) is 5.70. The first-order valence-electron chi connectivity index (χ1n) is 16.0. The maximum absolute atomic E-state index is 3.60. The van der Waals surface area contributed by atoms with E-state index in [1.165, 1.54) is 67.8 Å². The predicted octanol–water partition coefficient (Wildman–Crippen LogP) is 14.0. The molecule has 0 amide bonds. The SMILES string of the molecule is Cc1cc2c(C(C)C)cc(C(C)C)cc2[cH-]1.Cc1cc2c(C(C)C)cc(C(C)C)cc2[cH-]1.[CH2-]CCC.[CH2-]CCC.[CH3-].[CH3-].[Si]=[V]. The molecule has 0 aliphatic rings. The van der Waals surface area contributed by atoms with Crippen molar-refractivity contribution in [3.63, 3.8) is 0 Å². The Morgan fingerprint density at radius 1 is 0.568 bits per heavy atom. The monoisotopic (exact) mass is 649 g/mol. The Balaban J connectivity index is -0.000000569. The molecule has 0 saturated carbocycles. The van der Waals surface area contributed by atoms with E-state index in [9.17, 15) is 0 Å². The number of hydrogen-bond donors (Lipinski definition) is 0. The number of aryl methyl sites for hydroxylation is 2. The molecule has 0 heterocycles. The number of rotatable bonds is 6. The van der Waals surface area contributed by atoms with Crippen LogP contribution in [0, 0.1) is 42.5 Å². The van der Waals surface area contributed by atoms with Gasteiger partial charge in [-0.25, -0.2) is 0 Å². The van der Waals surface area contributed by atoms with Gasteiger partial charge in [0, 0.05) is 0 Å². The van der Waals surface area contributed by atoms with Crippen LogP contribution in [0.2, 0.25) is 0 Å². The number of benzene rings is 2. The van der Waals surface area contributed by atoms with Crippen LogP contribution >= 0.6 is 0 Å². The summed E-state index contributed by atoms with van der Waals surface area (Å²) in [7, 11) is 2.91. The van der Waals surface area contributed by atoms with Gasteiger partial charge in [0.1, 0.15) is 0 Å². The molecule has 0 N–H and O–H groups in total. The van der Waals surface area contributed by atoms with Crippen LogP contribution in [-0.2, 0) is 16.3 Å². The van der Waals surface area contributed by atoms with Gasteiger partial charge in [0.2, 0.25) is 0 Å². The van der Waals surface area contributed by atoms with E-state index in [0.29, 0.717) is 23.7 Å². The van der Waals surface area contributed by atoms with E-state index in [4.69, 9.17) is 0 Å². The third-order valence-corrected chi connectivity index (χ3v) is 7.33. The predicted molar refractivity (Wildman–Crippen MR) is 204 cm³/mol. The minimum absolute atomic E-state index is 0. The average molecular weight is 650 g/mol. The summed E-state index contributed by atoms with van der Waals surface area (Å²) in [5.41, 5.74) is 8.66. The van der Waals surface area contributed by atoms with Crippen LogP contribution in [0.25, 0.3) is 21.5 Å². The second-order valence-electron chi connectivity index (χ2n) is 12.6. The van der Waals surface area contributed by atoms with Crippen molar-refractivity contribution in [3.05, 3.63) is 111 Å². The van der Waals surface area contributed by atoms with E-state index in [1.807, 2.05) is 0 Å². The van der Waals surface area contributed by atoms with Crippen molar-refractivity contribution < 1.29 is 16.3 Å². The van der Waals surface area contributed by atoms with Crippen LogP contribution in [0.5, 0.6) is 0 Å². The summed E-state index contributed by atoms with van der Waals surface area (Å²) in [5.74, 6) is 2.42. The van der Waals surface area contributed by atoms with Crippen molar-refractivity contribution in [2.24, 2.45) is 0 Å². The quantitative estimate of drug-likeness (QED) is 0.144. The number of unbranched alkanes of at least 4 members (excludes halogenated alkanes) is 2. The van der Waals surface area contributed by atoms with E-state index in [1.54, 1.807) is 0 Å². The summed E-state index contributed by atoms with van der Waals surface area (Å²) in [6.45, 7) is 34.0. The molecule has 0 aliphatic carbocycles. The molecule has 0 spiro atoms. The molecule has 0 unspecified atom stereocenters. The first kappa shape index (κ1) is 46.9. The third-order valence-electron chi connectivity index (χ3n) is 7.33. The van der Waals surface area contributed by atoms with E-state index < -0.39 is 0 Å². The summed E-state index contributed by atoms with van der Waals surface area (Å²) in [4.78, 5) is 0. The van der Waals surface area contributed by atoms with Gasteiger partial charge < -0.3 is 28.7 Å². The molecular weight excluding hydrogens is 583 g/mol. The second kappa shape index (κ2) is 24.7. The van der Waals surface area contributed by atoms with Gasteiger partial charge in [0.15, 0.2) is 0 Å². The third kappa shape index (κ3) is 15.2. The molecule has 2 heteroatoms. The van der Waals surface area contributed by atoms with Crippen LogP contribution < -0.4 is 0 Å². The minimum atomic E-state index is 0. The van der Waals surface area contributed by atoms with E-state index in [2.05, 4.69) is 170 Å². The van der Waals surface area contributed by atoms with Gasteiger partial charge >= 0.3 is 24.4 Å². The van der Waals surface area contributed by atoms with Crippen molar-refractivity contribution in [2.45, 2.75) is 132 Å². The molecular formula is C42H66SiV-6. The zero-order valence-electron chi connectivity index (χ0n) is 31.1. The standard InChI is InChI=1S/2C16H21.2C4H9.2CH3.Si.V/c2*1-10(2)13-8-14-6-12(5)7-16(14)15(9-13)11(3)4;2*1-3-4-2;;;;/h2*6-11H,1-5H3;2*1,3-4H2,2H3;2*1H3;;/q6*-1;;. The zero-order valence-corrected chi connectivity index (χ0v) is 33.5. The van der Waals surface area contributed by atoms with Crippen molar-refractivity contribution in [1.82, 2.24) is 0 Å². The molecule has 4 aromatic rings. The van der Waals surface area contributed by atoms with Crippen LogP contribution in [-0.4, -0.2) is 8.15 Å². The summed E-state index contributed by atoms with van der Waals surface area (Å²) >= 11 is 2.12. The fraction of sp³-hybridized carbons (Fsp3) is 0.476. The van der Waals surface area contributed by atoms with Gasteiger partial charge in [-0.2, -0.15) is 25.0 Å². The van der Waals surface area contributed by atoms with Gasteiger partial charge in [-0.15, -0.1) is 56.9 Å². The van der Waals surface area contributed by atoms with Crippen molar-refractivity contribution >= 4 is 29.7 Å². The second-order valence-corrected chi connectivity index (χ2v) is 12.6. The van der Waals surface area contributed by atoms with Gasteiger partial charge in [-0.1, -0.05) is 130 Å². The van der Waals surface area contributed by atoms with Gasteiger partial charge in [-0.05, 0) is 23.7 Å². The molecule has 0 atom stereocenters. The molecule has 2 radical (unpaired) electrons. The Labute approximate surface area is 287 Å². The van der Waals surface area contributed by atoms with Crippen LogP contribution in [0.4, 0.5) is 0 Å². The molecule has 0 saturated heterocycles. The van der Waals surface area contributed by atoms with Crippen LogP contribution in [0.3, 0.4) is 0 Å². The molecule has 0 nitrogen and oxygen atoms in total. The molecule has 44 heavy (non-hydrogen) atoms. The van der Waals surface area contributed by atoms with Gasteiger partial charge in [0.25, 0.3) is 0 Å². The molecule has 0 aliphatic heterocycles. The fourth-order valence-electron chi connectivity index (χ4n) is 4.67. The zero-order chi connectivity index (χ0) is 32.6. The summed E-state index contributed by atoms with van der Waals surface area (Å²) in [6.07, 6.45) is 4.56. The number of hydrogen-bond acceptors (Lipinski definition) is 0. The average Bonchev–Trinajstić information content (AvgIpc) is 3.53. The Morgan fingerprint density at radius 2 is 0.841 bits per heavy atom. The summed E-state index contributed by atoms with van der Waals surface area (Å²) < 4.78 is 0. The van der Waals surface area contributed by atoms with E-state index in [-0.39, 0.29) is 14.9 Å². The summed E-state index contributed by atoms with van der Waals surface area (Å²) in [6, 6.07) is 18.7. The van der Waals surface area contributed by atoms with Crippen molar-refractivity contribution in [1.29, 1.82) is 0 Å². The topological polar surface area (TPSA) is 0 Å². The van der Waals surface area contributed by atoms with Crippen molar-refractivity contribution in [2.75, 3.05) is 0 Å². The van der Waals surface area contributed by atoms with E-state index >= 15 is 0 Å². The fourth-order valence-corrected chi connectivity index (χ4v) is 4.67. The van der Waals surface area contributed by atoms with Gasteiger partial charge in [0.05, 0.1) is 0 Å². The Hall–Kier alpha value is -1.54. The maximum atomic E-state index is 3.60. The van der Waals surface area contributed by atoms with Crippen LogP contribution in [0.1, 0.15) is 152 Å². The first-order valence-corrected chi connectivity index (χ1v) is 18.6. The Morgan fingerprint density at radius 3 is 1.05 bits per heavy atom. The first-order chi connectivity index (χ1) is 19.8. The van der Waals surface area contributed by atoms with Gasteiger partial charge in [-0.3, -0.25) is 0 Å². The Kier molecular flexibility index (Phi) is 26.3. The Bertz CT molecular complexity index is 1180. The van der Waals surface area contributed by atoms with Crippen molar-refractivity contribution in [3.8, 4) is 0 Å². The molecule has 0 aromatic heterocycles. The van der Waals surface area contributed by atoms with Crippen LogP contribution in [0.15, 0.2) is 48.5 Å². The van der Waals surface area contributed by atoms with E-state index in [0.717, 1.165) is 12.8 Å². The molecule has 0 bridgehead atoms.